The third-order valence-corrected chi connectivity index (χ3v) is 3.11. The molecule has 1 aliphatic rings. The number of carbonyl (C=O) groups excluding carboxylic acids is 1. The van der Waals surface area contributed by atoms with Crippen molar-refractivity contribution in [3.8, 4) is 0 Å². The molecule has 1 fully saturated rings. The molecule has 0 amide bonds. The first-order valence-electron chi connectivity index (χ1n) is 5.14. The molecule has 0 heterocycles. The molecule has 3 heteroatoms. The SMILES string of the molecule is COC(=O)c1ccccc1C1(N)CCC1. The van der Waals surface area contributed by atoms with Crippen LogP contribution in [-0.2, 0) is 10.3 Å². The summed E-state index contributed by atoms with van der Waals surface area (Å²) in [7, 11) is 1.39. The van der Waals surface area contributed by atoms with Gasteiger partial charge in [-0.25, -0.2) is 4.79 Å². The number of benzene rings is 1. The zero-order valence-corrected chi connectivity index (χ0v) is 8.82. The predicted octanol–water partition coefficient (Wildman–Crippen LogP) is 1.81. The van der Waals surface area contributed by atoms with Crippen LogP contribution in [0.1, 0.15) is 35.2 Å². The van der Waals surface area contributed by atoms with Gasteiger partial charge in [0.15, 0.2) is 0 Å². The normalized spacial score (nSPS) is 18.0. The number of hydrogen-bond acceptors (Lipinski definition) is 3. The number of rotatable bonds is 2. The zero-order chi connectivity index (χ0) is 10.9. The highest BCUT2D eigenvalue weighted by Gasteiger charge is 2.37. The average molecular weight is 205 g/mol. The van der Waals surface area contributed by atoms with Crippen LogP contribution in [-0.4, -0.2) is 13.1 Å². The summed E-state index contributed by atoms with van der Waals surface area (Å²) in [6.07, 6.45) is 3.02. The van der Waals surface area contributed by atoms with Crippen LogP contribution >= 0.6 is 0 Å². The first kappa shape index (κ1) is 10.2. The van der Waals surface area contributed by atoms with E-state index in [1.54, 1.807) is 6.07 Å². The first-order chi connectivity index (χ1) is 7.17. The van der Waals surface area contributed by atoms with E-state index < -0.39 is 0 Å². The lowest BCUT2D eigenvalue weighted by Crippen LogP contribution is -2.44. The van der Waals surface area contributed by atoms with Gasteiger partial charge in [-0.1, -0.05) is 18.2 Å². The van der Waals surface area contributed by atoms with Crippen LogP contribution in [0.15, 0.2) is 24.3 Å². The lowest BCUT2D eigenvalue weighted by Gasteiger charge is -2.39. The summed E-state index contributed by atoms with van der Waals surface area (Å²) < 4.78 is 4.75. The van der Waals surface area contributed by atoms with Crippen LogP contribution < -0.4 is 5.73 Å². The summed E-state index contributed by atoms with van der Waals surface area (Å²) in [5, 5.41) is 0. The Balaban J connectivity index is 2.42. The van der Waals surface area contributed by atoms with Crippen molar-refractivity contribution in [1.82, 2.24) is 0 Å². The number of ether oxygens (including phenoxy) is 1. The molecule has 1 aliphatic carbocycles. The third-order valence-electron chi connectivity index (χ3n) is 3.11. The molecule has 1 aromatic carbocycles. The van der Waals surface area contributed by atoms with Crippen molar-refractivity contribution < 1.29 is 9.53 Å². The third kappa shape index (κ3) is 1.63. The highest BCUT2D eigenvalue weighted by molar-refractivity contribution is 5.91. The van der Waals surface area contributed by atoms with E-state index in [0.717, 1.165) is 24.8 Å². The van der Waals surface area contributed by atoms with Gasteiger partial charge in [-0.3, -0.25) is 0 Å². The summed E-state index contributed by atoms with van der Waals surface area (Å²) in [6, 6.07) is 7.44. The molecule has 1 aromatic rings. The highest BCUT2D eigenvalue weighted by atomic mass is 16.5. The Bertz CT molecular complexity index is 383. The molecule has 1 saturated carbocycles. The van der Waals surface area contributed by atoms with Gasteiger partial charge in [-0.2, -0.15) is 0 Å². The van der Waals surface area contributed by atoms with Gasteiger partial charge in [0, 0.05) is 5.54 Å². The van der Waals surface area contributed by atoms with E-state index in [1.807, 2.05) is 18.2 Å². The Morgan fingerprint density at radius 1 is 1.40 bits per heavy atom. The second-order valence-electron chi connectivity index (χ2n) is 4.05. The summed E-state index contributed by atoms with van der Waals surface area (Å²) in [5.74, 6) is -0.303. The summed E-state index contributed by atoms with van der Waals surface area (Å²) in [5.41, 5.74) is 7.41. The topological polar surface area (TPSA) is 52.3 Å². The van der Waals surface area contributed by atoms with E-state index in [2.05, 4.69) is 0 Å². The second kappa shape index (κ2) is 3.66. The monoisotopic (exact) mass is 205 g/mol. The van der Waals surface area contributed by atoms with Crippen LogP contribution in [0.3, 0.4) is 0 Å². The smallest absolute Gasteiger partial charge is 0.338 e. The summed E-state index contributed by atoms with van der Waals surface area (Å²) >= 11 is 0. The van der Waals surface area contributed by atoms with Crippen LogP contribution in [0.4, 0.5) is 0 Å². The van der Waals surface area contributed by atoms with E-state index in [0.29, 0.717) is 5.56 Å². The minimum absolute atomic E-state index is 0.303. The first-order valence-corrected chi connectivity index (χ1v) is 5.14. The van der Waals surface area contributed by atoms with E-state index in [1.165, 1.54) is 7.11 Å². The fourth-order valence-corrected chi connectivity index (χ4v) is 2.03. The summed E-state index contributed by atoms with van der Waals surface area (Å²) in [4.78, 5) is 11.5. The molecule has 2 N–H and O–H groups in total. The van der Waals surface area contributed by atoms with Crippen molar-refractivity contribution >= 4 is 5.97 Å². The molecular formula is C12H15NO2. The van der Waals surface area contributed by atoms with Gasteiger partial charge in [-0.15, -0.1) is 0 Å². The Morgan fingerprint density at radius 3 is 2.60 bits per heavy atom. The van der Waals surface area contributed by atoms with Crippen molar-refractivity contribution in [1.29, 1.82) is 0 Å². The molecule has 0 saturated heterocycles. The molecule has 80 valence electrons. The Kier molecular flexibility index (Phi) is 2.49. The number of carbonyl (C=O) groups is 1. The van der Waals surface area contributed by atoms with Gasteiger partial charge in [0.05, 0.1) is 12.7 Å². The number of methoxy groups -OCH3 is 1. The fourth-order valence-electron chi connectivity index (χ4n) is 2.03. The van der Waals surface area contributed by atoms with E-state index in [9.17, 15) is 4.79 Å². The van der Waals surface area contributed by atoms with Gasteiger partial charge < -0.3 is 10.5 Å². The van der Waals surface area contributed by atoms with Gasteiger partial charge in [0.1, 0.15) is 0 Å². The molecule has 3 nitrogen and oxygen atoms in total. The largest absolute Gasteiger partial charge is 0.465 e. The van der Waals surface area contributed by atoms with E-state index in [-0.39, 0.29) is 11.5 Å². The second-order valence-corrected chi connectivity index (χ2v) is 4.05. The minimum Gasteiger partial charge on any atom is -0.465 e. The molecule has 0 unspecified atom stereocenters. The molecular weight excluding hydrogens is 190 g/mol. The lowest BCUT2D eigenvalue weighted by molar-refractivity contribution is 0.0595. The average Bonchev–Trinajstić information content (AvgIpc) is 2.25. The van der Waals surface area contributed by atoms with Gasteiger partial charge >= 0.3 is 5.97 Å². The highest BCUT2D eigenvalue weighted by Crippen LogP contribution is 2.40. The molecule has 0 radical (unpaired) electrons. The molecule has 0 aromatic heterocycles. The van der Waals surface area contributed by atoms with Crippen LogP contribution in [0.25, 0.3) is 0 Å². The van der Waals surface area contributed by atoms with Crippen molar-refractivity contribution in [2.75, 3.05) is 7.11 Å². The maximum Gasteiger partial charge on any atom is 0.338 e. The lowest BCUT2D eigenvalue weighted by atomic mass is 9.71. The Labute approximate surface area is 89.2 Å². The van der Waals surface area contributed by atoms with Gasteiger partial charge in [0.25, 0.3) is 0 Å². The van der Waals surface area contributed by atoms with Crippen molar-refractivity contribution in [3.05, 3.63) is 35.4 Å². The van der Waals surface area contributed by atoms with Gasteiger partial charge in [0.2, 0.25) is 0 Å². The van der Waals surface area contributed by atoms with Crippen molar-refractivity contribution in [2.24, 2.45) is 5.73 Å². The standard InChI is InChI=1S/C12H15NO2/c1-15-11(14)9-5-2-3-6-10(9)12(13)7-4-8-12/h2-3,5-6H,4,7-8,13H2,1H3. The minimum atomic E-state index is -0.315. The van der Waals surface area contributed by atoms with Crippen LogP contribution in [0.2, 0.25) is 0 Å². The maximum atomic E-state index is 11.5. The number of hydrogen-bond donors (Lipinski definition) is 1. The number of esters is 1. The predicted molar refractivity (Wildman–Crippen MR) is 57.5 cm³/mol. The quantitative estimate of drug-likeness (QED) is 0.749. The zero-order valence-electron chi connectivity index (χ0n) is 8.82. The van der Waals surface area contributed by atoms with Crippen molar-refractivity contribution in [3.63, 3.8) is 0 Å². The molecule has 0 bridgehead atoms. The number of nitrogens with two attached hydrogens (primary N) is 1. The Hall–Kier alpha value is -1.35. The van der Waals surface area contributed by atoms with Crippen LogP contribution in [0, 0.1) is 0 Å². The van der Waals surface area contributed by atoms with Gasteiger partial charge in [-0.05, 0) is 30.9 Å². The summed E-state index contributed by atoms with van der Waals surface area (Å²) in [6.45, 7) is 0. The molecule has 0 atom stereocenters. The molecule has 0 aliphatic heterocycles. The van der Waals surface area contributed by atoms with E-state index in [4.69, 9.17) is 10.5 Å². The van der Waals surface area contributed by atoms with Crippen LogP contribution in [0.5, 0.6) is 0 Å². The molecule has 15 heavy (non-hydrogen) atoms. The molecule has 0 spiro atoms. The molecule has 2 rings (SSSR count). The van der Waals surface area contributed by atoms with Crippen molar-refractivity contribution in [2.45, 2.75) is 24.8 Å². The maximum absolute atomic E-state index is 11.5. The fraction of sp³-hybridized carbons (Fsp3) is 0.417. The Morgan fingerprint density at radius 2 is 2.07 bits per heavy atom. The van der Waals surface area contributed by atoms with E-state index >= 15 is 0 Å².